The minimum Gasteiger partial charge on any atom is -0.294 e. The smallest absolute Gasteiger partial charge is 0.294 e. The summed E-state index contributed by atoms with van der Waals surface area (Å²) in [5.74, 6) is 1.53. The fraction of sp³-hybridized carbons (Fsp3) is 0.667. The van der Waals surface area contributed by atoms with E-state index in [0.29, 0.717) is 18.1 Å². The minimum atomic E-state index is -3.84. The van der Waals surface area contributed by atoms with Gasteiger partial charge in [0.2, 0.25) is 5.25 Å². The van der Waals surface area contributed by atoms with Crippen LogP contribution in [0.15, 0.2) is 29.2 Å². The van der Waals surface area contributed by atoms with Gasteiger partial charge < -0.3 is 0 Å². The van der Waals surface area contributed by atoms with Gasteiger partial charge >= 0.3 is 10.1 Å². The largest absolute Gasteiger partial charge is 0.339 e. The van der Waals surface area contributed by atoms with E-state index in [-0.39, 0.29) is 15.9 Å². The van der Waals surface area contributed by atoms with Gasteiger partial charge in [-0.1, -0.05) is 49.8 Å². The molecular weight excluding hydrogens is 380 g/mol. The predicted molar refractivity (Wildman–Crippen MR) is 110 cm³/mol. The van der Waals surface area contributed by atoms with Crippen molar-refractivity contribution in [2.45, 2.75) is 81.3 Å². The number of carbonyl (C=O) groups excluding carboxylic acids is 1. The zero-order valence-electron chi connectivity index (χ0n) is 16.2. The molecule has 4 nitrogen and oxygen atoms in total. The summed E-state index contributed by atoms with van der Waals surface area (Å²) < 4.78 is 31.4. The van der Waals surface area contributed by atoms with E-state index in [4.69, 9.17) is 3.63 Å². The molecule has 150 valence electrons. The second kappa shape index (κ2) is 9.57. The molecule has 2 aliphatic rings. The monoisotopic (exact) mass is 411 g/mol. The van der Waals surface area contributed by atoms with Crippen LogP contribution in [0.5, 0.6) is 0 Å². The molecule has 0 spiro atoms. The van der Waals surface area contributed by atoms with Gasteiger partial charge in [-0.25, -0.2) is 0 Å². The zero-order valence-corrected chi connectivity index (χ0v) is 17.8. The van der Waals surface area contributed by atoms with E-state index in [2.05, 4.69) is 0 Å². The van der Waals surface area contributed by atoms with Gasteiger partial charge in [-0.2, -0.15) is 8.42 Å². The molecule has 6 heteroatoms. The lowest BCUT2D eigenvalue weighted by Gasteiger charge is -2.23. The highest BCUT2D eigenvalue weighted by Gasteiger charge is 2.44. The Morgan fingerprint density at radius 2 is 1.67 bits per heavy atom. The topological polar surface area (TPSA) is 60.4 Å². The Morgan fingerprint density at radius 3 is 2.33 bits per heavy atom. The molecule has 27 heavy (non-hydrogen) atoms. The molecule has 0 radical (unpaired) electrons. The maximum Gasteiger partial charge on any atom is 0.339 e. The minimum absolute atomic E-state index is 0.187. The van der Waals surface area contributed by atoms with Crippen molar-refractivity contribution in [2.75, 3.05) is 5.75 Å². The first-order valence-electron chi connectivity index (χ1n) is 10.2. The Kier molecular flexibility index (Phi) is 7.40. The van der Waals surface area contributed by atoms with Crippen molar-refractivity contribution in [1.29, 1.82) is 0 Å². The summed E-state index contributed by atoms with van der Waals surface area (Å²) in [6.45, 7) is 1.92. The van der Waals surface area contributed by atoms with Crippen molar-refractivity contribution < 1.29 is 16.8 Å². The summed E-state index contributed by atoms with van der Waals surface area (Å²) in [5, 5.41) is -0.248. The van der Waals surface area contributed by atoms with Crippen molar-refractivity contribution in [3.63, 3.8) is 0 Å². The molecule has 1 aromatic carbocycles. The second-order valence-electron chi connectivity index (χ2n) is 7.91. The number of carbonyl (C=O) groups is 1. The molecule has 2 unspecified atom stereocenters. The highest BCUT2D eigenvalue weighted by molar-refractivity contribution is 8.03. The Labute approximate surface area is 166 Å². The predicted octanol–water partition coefficient (Wildman–Crippen LogP) is 4.72. The molecule has 0 amide bonds. The highest BCUT2D eigenvalue weighted by atomic mass is 32.3. The summed E-state index contributed by atoms with van der Waals surface area (Å²) in [6.07, 6.45) is 10.5. The molecule has 0 N–H and O–H groups in total. The first-order valence-corrected chi connectivity index (χ1v) is 13.0. The Morgan fingerprint density at radius 1 is 1.00 bits per heavy atom. The van der Waals surface area contributed by atoms with Crippen LogP contribution in [0.2, 0.25) is 0 Å². The van der Waals surface area contributed by atoms with E-state index in [1.165, 1.54) is 32.1 Å². The highest BCUT2D eigenvalue weighted by Crippen LogP contribution is 2.31. The Bertz CT molecular complexity index is 721. The molecule has 2 saturated carbocycles. The van der Waals surface area contributed by atoms with Crippen molar-refractivity contribution in [2.24, 2.45) is 5.92 Å². The van der Waals surface area contributed by atoms with Crippen LogP contribution in [0.3, 0.4) is 0 Å². The van der Waals surface area contributed by atoms with Gasteiger partial charge in [-0.3, -0.25) is 4.79 Å². The molecule has 2 aliphatic carbocycles. The number of rotatable bonds is 7. The average Bonchev–Trinajstić information content (AvgIpc) is 2.67. The first-order chi connectivity index (χ1) is 13.0. The molecule has 1 aromatic rings. The van der Waals surface area contributed by atoms with Crippen molar-refractivity contribution in [1.82, 2.24) is 0 Å². The number of ketones is 1. The molecular formula is C21H31O4S2+. The van der Waals surface area contributed by atoms with E-state index in [1.54, 1.807) is 24.3 Å². The quantitative estimate of drug-likeness (QED) is 0.609. The second-order valence-corrected chi connectivity index (χ2v) is 11.6. The lowest BCUT2D eigenvalue weighted by Crippen LogP contribution is -2.38. The summed E-state index contributed by atoms with van der Waals surface area (Å²) in [7, 11) is -3.84. The average molecular weight is 412 g/mol. The molecule has 0 bridgehead atoms. The summed E-state index contributed by atoms with van der Waals surface area (Å²) in [4.78, 5) is 12.7. The van der Waals surface area contributed by atoms with E-state index in [0.717, 1.165) is 31.2 Å². The van der Waals surface area contributed by atoms with Crippen molar-refractivity contribution in [3.8, 4) is 0 Å². The van der Waals surface area contributed by atoms with Gasteiger partial charge in [-0.05, 0) is 47.9 Å². The third kappa shape index (κ3) is 5.81. The van der Waals surface area contributed by atoms with Gasteiger partial charge in [0.15, 0.2) is 17.0 Å². The van der Waals surface area contributed by atoms with E-state index < -0.39 is 21.3 Å². The Balaban J connectivity index is 1.73. The molecule has 0 heterocycles. The maximum atomic E-state index is 12.8. The van der Waals surface area contributed by atoms with Crippen LogP contribution in [0.1, 0.15) is 69.8 Å². The van der Waals surface area contributed by atoms with E-state index in [9.17, 15) is 13.2 Å². The van der Waals surface area contributed by atoms with E-state index in [1.807, 2.05) is 6.92 Å². The normalized spacial score (nSPS) is 23.3. The fourth-order valence-corrected chi connectivity index (χ4v) is 8.12. The maximum absolute atomic E-state index is 12.8. The lowest BCUT2D eigenvalue weighted by molar-refractivity contribution is -0.119. The van der Waals surface area contributed by atoms with Gasteiger partial charge in [0.25, 0.3) is 0 Å². The van der Waals surface area contributed by atoms with Gasteiger partial charge in [0.1, 0.15) is 5.75 Å². The summed E-state index contributed by atoms with van der Waals surface area (Å²) >= 11 is -0.855. The summed E-state index contributed by atoms with van der Waals surface area (Å²) in [5.41, 5.74) is 1.01. The van der Waals surface area contributed by atoms with Crippen molar-refractivity contribution in [3.05, 3.63) is 29.8 Å². The standard InChI is InChI=1S/C21H31O4S2/c1-17-11-13-19(14-12-17)27(23,24)25-26(21-10-6-5-9-20(21)22)16-15-18-7-3-2-4-8-18/h11-14,18,21H,2-10,15-16H2,1H3/q+1. The van der Waals surface area contributed by atoms with Gasteiger partial charge in [-0.15, -0.1) is 0 Å². The van der Waals surface area contributed by atoms with Crippen LogP contribution < -0.4 is 0 Å². The molecule has 0 aromatic heterocycles. The number of aryl methyl sites for hydroxylation is 1. The van der Waals surface area contributed by atoms with E-state index >= 15 is 0 Å². The number of Topliss-reactive ketones (excluding diaryl/α,β-unsaturated/α-hetero) is 1. The first kappa shape index (κ1) is 20.9. The van der Waals surface area contributed by atoms with Crippen LogP contribution in [0, 0.1) is 12.8 Å². The third-order valence-corrected chi connectivity index (χ3v) is 9.79. The van der Waals surface area contributed by atoms with Gasteiger partial charge in [0, 0.05) is 12.8 Å². The van der Waals surface area contributed by atoms with Crippen LogP contribution in [-0.2, 0) is 29.7 Å². The van der Waals surface area contributed by atoms with Gasteiger partial charge in [0.05, 0.1) is 4.90 Å². The Hall–Kier alpha value is -0.850. The van der Waals surface area contributed by atoms with Crippen LogP contribution >= 0.6 is 0 Å². The molecule has 2 atom stereocenters. The molecule has 2 fully saturated rings. The summed E-state index contributed by atoms with van der Waals surface area (Å²) in [6, 6.07) is 6.75. The van der Waals surface area contributed by atoms with Crippen LogP contribution in [0.4, 0.5) is 0 Å². The van der Waals surface area contributed by atoms with Crippen LogP contribution in [0.25, 0.3) is 0 Å². The lowest BCUT2D eigenvalue weighted by atomic mass is 9.88. The number of hydrogen-bond donors (Lipinski definition) is 0. The molecule has 0 aliphatic heterocycles. The zero-order chi connectivity index (χ0) is 19.3. The molecule has 0 saturated heterocycles. The number of benzene rings is 1. The fourth-order valence-electron chi connectivity index (χ4n) is 4.07. The number of hydrogen-bond acceptors (Lipinski definition) is 4. The van der Waals surface area contributed by atoms with Crippen LogP contribution in [-0.4, -0.2) is 25.2 Å². The third-order valence-electron chi connectivity index (χ3n) is 5.75. The SMILES string of the molecule is Cc1ccc(S(=O)(=O)O[S+](CCC2CCCCC2)C2CCCCC2=O)cc1. The van der Waals surface area contributed by atoms with Crippen molar-refractivity contribution >= 4 is 27.1 Å². The molecule has 3 rings (SSSR count).